The number of nitrogens with one attached hydrogen (secondary N) is 1. The molecular weight excluding hydrogens is 250 g/mol. The summed E-state index contributed by atoms with van der Waals surface area (Å²) in [4.78, 5) is 4.43. The van der Waals surface area contributed by atoms with Crippen molar-refractivity contribution in [3.8, 4) is 0 Å². The molecular formula is C15H17N5. The van der Waals surface area contributed by atoms with Crippen molar-refractivity contribution in [3.05, 3.63) is 42.2 Å². The summed E-state index contributed by atoms with van der Waals surface area (Å²) in [5, 5.41) is 8.86. The van der Waals surface area contributed by atoms with Gasteiger partial charge in [0.15, 0.2) is 5.82 Å². The fraction of sp³-hybridized carbons (Fsp3) is 0.200. The fourth-order valence-corrected chi connectivity index (χ4v) is 2.34. The Kier molecular flexibility index (Phi) is 3.02. The van der Waals surface area contributed by atoms with Crippen molar-refractivity contribution in [3.63, 3.8) is 0 Å². The first kappa shape index (κ1) is 12.5. The molecule has 102 valence electrons. The van der Waals surface area contributed by atoms with E-state index in [1.807, 2.05) is 44.3 Å². The van der Waals surface area contributed by atoms with Crippen molar-refractivity contribution in [2.24, 2.45) is 7.05 Å². The average Bonchev–Trinajstić information content (AvgIpc) is 2.75. The van der Waals surface area contributed by atoms with Crippen molar-refractivity contribution in [2.45, 2.75) is 13.3 Å². The van der Waals surface area contributed by atoms with E-state index < -0.39 is 0 Å². The largest absolute Gasteiger partial charge is 0.394 e. The number of benzene rings is 1. The van der Waals surface area contributed by atoms with Gasteiger partial charge in [0.05, 0.1) is 22.6 Å². The SMILES string of the molecule is CCc1nn(C)c(Nc2cccc3cccnc23)c1N. The van der Waals surface area contributed by atoms with Crippen molar-refractivity contribution in [1.29, 1.82) is 0 Å². The molecule has 0 aliphatic rings. The van der Waals surface area contributed by atoms with Gasteiger partial charge in [-0.3, -0.25) is 9.67 Å². The van der Waals surface area contributed by atoms with E-state index in [0.29, 0.717) is 5.69 Å². The predicted molar refractivity (Wildman–Crippen MR) is 82.0 cm³/mol. The van der Waals surface area contributed by atoms with Gasteiger partial charge < -0.3 is 11.1 Å². The molecule has 3 aromatic rings. The van der Waals surface area contributed by atoms with Crippen LogP contribution in [0.25, 0.3) is 10.9 Å². The summed E-state index contributed by atoms with van der Waals surface area (Å²) in [6.45, 7) is 2.04. The number of nitrogen functional groups attached to an aromatic ring is 1. The van der Waals surface area contributed by atoms with E-state index in [1.165, 1.54) is 0 Å². The topological polar surface area (TPSA) is 68.8 Å². The number of hydrogen-bond acceptors (Lipinski definition) is 4. The fourth-order valence-electron chi connectivity index (χ4n) is 2.34. The molecule has 0 amide bonds. The first-order valence-corrected chi connectivity index (χ1v) is 6.62. The standard InChI is InChI=1S/C15H17N5/c1-3-11-13(16)15(20(2)19-11)18-12-8-4-6-10-7-5-9-17-14(10)12/h4-9,18H,3,16H2,1-2H3. The molecule has 0 saturated carbocycles. The van der Waals surface area contributed by atoms with Crippen LogP contribution >= 0.6 is 0 Å². The maximum atomic E-state index is 6.14. The lowest BCUT2D eigenvalue weighted by Gasteiger charge is -2.10. The highest BCUT2D eigenvalue weighted by molar-refractivity contribution is 5.92. The van der Waals surface area contributed by atoms with Gasteiger partial charge in [0, 0.05) is 18.6 Å². The maximum absolute atomic E-state index is 6.14. The van der Waals surface area contributed by atoms with E-state index in [2.05, 4.69) is 15.4 Å². The number of rotatable bonds is 3. The number of nitrogens with two attached hydrogens (primary N) is 1. The third kappa shape index (κ3) is 1.97. The second-order valence-electron chi connectivity index (χ2n) is 4.69. The van der Waals surface area contributed by atoms with Gasteiger partial charge >= 0.3 is 0 Å². The molecule has 0 unspecified atom stereocenters. The Hall–Kier alpha value is -2.56. The first-order valence-electron chi connectivity index (χ1n) is 6.62. The van der Waals surface area contributed by atoms with E-state index in [-0.39, 0.29) is 0 Å². The quantitative estimate of drug-likeness (QED) is 0.765. The van der Waals surface area contributed by atoms with Crippen LogP contribution in [0.2, 0.25) is 0 Å². The highest BCUT2D eigenvalue weighted by Gasteiger charge is 2.13. The summed E-state index contributed by atoms with van der Waals surface area (Å²) in [7, 11) is 1.89. The Morgan fingerprint density at radius 3 is 2.80 bits per heavy atom. The van der Waals surface area contributed by atoms with Crippen LogP contribution in [0.15, 0.2) is 36.5 Å². The Morgan fingerprint density at radius 2 is 2.05 bits per heavy atom. The van der Waals surface area contributed by atoms with Crippen LogP contribution in [0, 0.1) is 0 Å². The van der Waals surface area contributed by atoms with Crippen LogP contribution in [0.4, 0.5) is 17.2 Å². The van der Waals surface area contributed by atoms with E-state index in [4.69, 9.17) is 5.73 Å². The molecule has 3 N–H and O–H groups in total. The van der Waals surface area contributed by atoms with Gasteiger partial charge in [-0.15, -0.1) is 0 Å². The second kappa shape index (κ2) is 4.85. The number of para-hydroxylation sites is 1. The van der Waals surface area contributed by atoms with Gasteiger partial charge in [-0.2, -0.15) is 5.10 Å². The minimum absolute atomic E-state index is 0.697. The van der Waals surface area contributed by atoms with Crippen LogP contribution in [0.3, 0.4) is 0 Å². The molecule has 0 aliphatic carbocycles. The number of anilines is 3. The zero-order chi connectivity index (χ0) is 14.1. The average molecular weight is 267 g/mol. The Labute approximate surface area is 117 Å². The highest BCUT2D eigenvalue weighted by Crippen LogP contribution is 2.29. The summed E-state index contributed by atoms with van der Waals surface area (Å²) >= 11 is 0. The lowest BCUT2D eigenvalue weighted by molar-refractivity contribution is 0.753. The number of hydrogen-bond donors (Lipinski definition) is 2. The van der Waals surface area contributed by atoms with Gasteiger partial charge in [0.2, 0.25) is 0 Å². The molecule has 0 radical (unpaired) electrons. The third-order valence-electron chi connectivity index (χ3n) is 3.38. The molecule has 0 atom stereocenters. The smallest absolute Gasteiger partial charge is 0.152 e. The van der Waals surface area contributed by atoms with Crippen molar-refractivity contribution >= 4 is 28.1 Å². The lowest BCUT2D eigenvalue weighted by atomic mass is 10.2. The van der Waals surface area contributed by atoms with Gasteiger partial charge in [0.1, 0.15) is 0 Å². The Bertz CT molecular complexity index is 755. The summed E-state index contributed by atoms with van der Waals surface area (Å²) in [6.07, 6.45) is 2.60. The zero-order valence-electron chi connectivity index (χ0n) is 11.6. The lowest BCUT2D eigenvalue weighted by Crippen LogP contribution is -2.02. The first-order chi connectivity index (χ1) is 9.70. The van der Waals surface area contributed by atoms with Crippen LogP contribution in [-0.2, 0) is 13.5 Å². The van der Waals surface area contributed by atoms with Crippen LogP contribution in [0.5, 0.6) is 0 Å². The molecule has 2 aromatic heterocycles. The minimum atomic E-state index is 0.697. The summed E-state index contributed by atoms with van der Waals surface area (Å²) in [5.41, 5.74) is 9.60. The molecule has 5 nitrogen and oxygen atoms in total. The molecule has 0 fully saturated rings. The van der Waals surface area contributed by atoms with Crippen LogP contribution in [0.1, 0.15) is 12.6 Å². The number of nitrogens with zero attached hydrogens (tertiary/aromatic N) is 3. The van der Waals surface area contributed by atoms with Crippen LogP contribution < -0.4 is 11.1 Å². The van der Waals surface area contributed by atoms with Gasteiger partial charge in [0.25, 0.3) is 0 Å². The molecule has 2 heterocycles. The monoisotopic (exact) mass is 267 g/mol. The van der Waals surface area contributed by atoms with Gasteiger partial charge in [-0.25, -0.2) is 0 Å². The van der Waals surface area contributed by atoms with Crippen LogP contribution in [-0.4, -0.2) is 14.8 Å². The molecule has 5 heteroatoms. The minimum Gasteiger partial charge on any atom is -0.394 e. The van der Waals surface area contributed by atoms with Gasteiger partial charge in [-0.1, -0.05) is 25.1 Å². The van der Waals surface area contributed by atoms with E-state index in [9.17, 15) is 0 Å². The van der Waals surface area contributed by atoms with E-state index >= 15 is 0 Å². The summed E-state index contributed by atoms with van der Waals surface area (Å²) in [5.74, 6) is 0.806. The zero-order valence-corrected chi connectivity index (χ0v) is 11.6. The normalized spacial score (nSPS) is 10.9. The number of aromatic nitrogens is 3. The summed E-state index contributed by atoms with van der Waals surface area (Å²) in [6, 6.07) is 10.0. The summed E-state index contributed by atoms with van der Waals surface area (Å²) < 4.78 is 1.77. The number of pyridine rings is 1. The second-order valence-corrected chi connectivity index (χ2v) is 4.69. The Balaban J connectivity index is 2.08. The third-order valence-corrected chi connectivity index (χ3v) is 3.38. The molecule has 0 saturated heterocycles. The maximum Gasteiger partial charge on any atom is 0.152 e. The van der Waals surface area contributed by atoms with E-state index in [0.717, 1.165) is 34.5 Å². The van der Waals surface area contributed by atoms with Crippen molar-refractivity contribution in [1.82, 2.24) is 14.8 Å². The van der Waals surface area contributed by atoms with E-state index in [1.54, 1.807) is 10.9 Å². The molecule has 3 rings (SSSR count). The predicted octanol–water partition coefficient (Wildman–Crippen LogP) is 2.86. The molecule has 0 aliphatic heterocycles. The Morgan fingerprint density at radius 1 is 1.25 bits per heavy atom. The van der Waals surface area contributed by atoms with Crippen molar-refractivity contribution < 1.29 is 0 Å². The number of fused-ring (bicyclic) bond motifs is 1. The molecule has 20 heavy (non-hydrogen) atoms. The molecule has 0 bridgehead atoms. The molecule has 1 aromatic carbocycles. The molecule has 0 spiro atoms. The number of aryl methyl sites for hydroxylation is 2. The van der Waals surface area contributed by atoms with Crippen molar-refractivity contribution in [2.75, 3.05) is 11.1 Å². The van der Waals surface area contributed by atoms with Gasteiger partial charge in [-0.05, 0) is 18.6 Å². The highest BCUT2D eigenvalue weighted by atomic mass is 15.3.